The van der Waals surface area contributed by atoms with Crippen molar-refractivity contribution in [2.75, 3.05) is 39.3 Å². The van der Waals surface area contributed by atoms with E-state index in [0.717, 1.165) is 0 Å². The maximum absolute atomic E-state index is 11.1. The summed E-state index contributed by atoms with van der Waals surface area (Å²) in [6.07, 6.45) is 0. The summed E-state index contributed by atoms with van der Waals surface area (Å²) >= 11 is 1.28. The van der Waals surface area contributed by atoms with Gasteiger partial charge < -0.3 is 29.2 Å². The first kappa shape index (κ1) is 22.3. The Bertz CT molecular complexity index is 627. The normalized spacial score (nSPS) is 19.2. The van der Waals surface area contributed by atoms with Crippen LogP contribution in [-0.2, 0) is 14.3 Å². The summed E-state index contributed by atoms with van der Waals surface area (Å²) in [5.74, 6) is -0.460. The molecule has 7 nitrogen and oxygen atoms in total. The van der Waals surface area contributed by atoms with Crippen molar-refractivity contribution in [3.63, 3.8) is 0 Å². The third-order valence-electron chi connectivity index (χ3n) is 3.41. The van der Waals surface area contributed by atoms with Gasteiger partial charge in [0.25, 0.3) is 0 Å². The quantitative estimate of drug-likeness (QED) is 0.373. The molecule has 1 aliphatic heterocycles. The zero-order chi connectivity index (χ0) is 17.6. The summed E-state index contributed by atoms with van der Waals surface area (Å²) in [6, 6.07) is 4.83. The molecule has 1 aromatic rings. The van der Waals surface area contributed by atoms with E-state index in [1.807, 2.05) is 0 Å². The van der Waals surface area contributed by atoms with Gasteiger partial charge in [-0.25, -0.2) is 0 Å². The number of carbonyl (C=O) groups is 1. The first-order chi connectivity index (χ1) is 11.5. The Kier molecular flexibility index (Phi) is 9.26. The molecule has 0 saturated carbocycles. The Labute approximate surface area is 173 Å². The van der Waals surface area contributed by atoms with Crippen molar-refractivity contribution in [2.24, 2.45) is 4.99 Å². The molecule has 2 rings (SSSR count). The second-order valence-corrected chi connectivity index (χ2v) is 6.36. The summed E-state index contributed by atoms with van der Waals surface area (Å²) in [4.78, 5) is 15.3. The Balaban J connectivity index is 0.00000312. The molecule has 1 aliphatic rings. The van der Waals surface area contributed by atoms with E-state index in [9.17, 15) is 15.0 Å². The monoisotopic (exact) mass is 377 g/mol. The molecule has 0 fully saturated rings. The van der Waals surface area contributed by atoms with Crippen LogP contribution in [0, 0.1) is 0 Å². The van der Waals surface area contributed by atoms with Gasteiger partial charge >= 0.3 is 29.6 Å². The number of carboxylic acid groups (broad SMARTS) is 1. The summed E-state index contributed by atoms with van der Waals surface area (Å²) in [6.45, 7) is 3.29. The molecule has 25 heavy (non-hydrogen) atoms. The Hall–Kier alpha value is -0.770. The third-order valence-corrected chi connectivity index (χ3v) is 4.70. The van der Waals surface area contributed by atoms with Crippen LogP contribution in [0.5, 0.6) is 11.5 Å². The van der Waals surface area contributed by atoms with Gasteiger partial charge in [-0.1, -0.05) is 0 Å². The predicted octanol–water partition coefficient (Wildman–Crippen LogP) is -2.56. The van der Waals surface area contributed by atoms with Gasteiger partial charge in [-0.3, -0.25) is 4.99 Å². The molecular weight excluding hydrogens is 357 g/mol. The van der Waals surface area contributed by atoms with Crippen molar-refractivity contribution in [1.82, 2.24) is 0 Å². The molecule has 0 saturated heterocycles. The molecule has 0 amide bonds. The summed E-state index contributed by atoms with van der Waals surface area (Å²) in [7, 11) is 1.60. The van der Waals surface area contributed by atoms with Gasteiger partial charge in [-0.15, -0.1) is 11.8 Å². The van der Waals surface area contributed by atoms with Crippen molar-refractivity contribution in [3.8, 4) is 11.5 Å². The van der Waals surface area contributed by atoms with E-state index in [2.05, 4.69) is 4.99 Å². The number of aliphatic carboxylic acids is 1. The molecule has 9 heteroatoms. The van der Waals surface area contributed by atoms with Crippen LogP contribution < -0.4 is 39.4 Å². The summed E-state index contributed by atoms with van der Waals surface area (Å²) in [5, 5.41) is 21.7. The fraction of sp³-hybridized carbons (Fsp3) is 0.500. The van der Waals surface area contributed by atoms with Crippen LogP contribution in [0.25, 0.3) is 0 Å². The number of aliphatic imine (C=N–C) groups is 1. The van der Waals surface area contributed by atoms with E-state index in [-0.39, 0.29) is 41.1 Å². The number of thioether (sulfide) groups is 1. The number of carboxylic acids is 1. The number of aromatic hydroxyl groups is 1. The van der Waals surface area contributed by atoms with E-state index in [4.69, 9.17) is 14.2 Å². The van der Waals surface area contributed by atoms with E-state index < -0.39 is 11.5 Å². The molecule has 1 N–H and O–H groups in total. The van der Waals surface area contributed by atoms with Crippen LogP contribution in [0.4, 0.5) is 0 Å². The van der Waals surface area contributed by atoms with E-state index >= 15 is 0 Å². The minimum atomic E-state index is -1.26. The zero-order valence-corrected chi connectivity index (χ0v) is 17.4. The number of phenols is 1. The standard InChI is InChI=1S/C16H21NO6S.Na/c1-16(15(19)20)10-24-14(17-16)12-4-3-11(9-13(12)18)23-8-7-22-6-5-21-2;/h3-4,9,18H,5-8,10H2,1-2H3,(H,19,20);/q;+1/p-1/t16-;/m1./s1. The second-order valence-electron chi connectivity index (χ2n) is 5.40. The smallest absolute Gasteiger partial charge is 0.547 e. The Morgan fingerprint density at radius 2 is 2.08 bits per heavy atom. The number of rotatable bonds is 9. The third kappa shape index (κ3) is 6.16. The van der Waals surface area contributed by atoms with Gasteiger partial charge in [0, 0.05) is 24.5 Å². The number of hydrogen-bond donors (Lipinski definition) is 1. The van der Waals surface area contributed by atoms with Gasteiger partial charge in [0.1, 0.15) is 28.7 Å². The van der Waals surface area contributed by atoms with Crippen molar-refractivity contribution < 1.29 is 58.8 Å². The van der Waals surface area contributed by atoms with Gasteiger partial charge in [0.15, 0.2) is 0 Å². The summed E-state index contributed by atoms with van der Waals surface area (Å²) in [5.41, 5.74) is -0.782. The Morgan fingerprint density at radius 3 is 2.68 bits per heavy atom. The van der Waals surface area contributed by atoms with Crippen molar-refractivity contribution in [3.05, 3.63) is 23.8 Å². The van der Waals surface area contributed by atoms with Crippen LogP contribution in [-0.4, -0.2) is 60.9 Å². The average Bonchev–Trinajstić information content (AvgIpc) is 2.94. The van der Waals surface area contributed by atoms with E-state index in [1.54, 1.807) is 19.2 Å². The van der Waals surface area contributed by atoms with Crippen LogP contribution >= 0.6 is 11.8 Å². The van der Waals surface area contributed by atoms with Crippen LogP contribution in [0.3, 0.4) is 0 Å². The SMILES string of the molecule is COCCOCCOc1ccc(C2=N[C@@](C)(C(=O)[O-])CS2)c(O)c1.[Na+]. The molecule has 1 atom stereocenters. The average molecular weight is 377 g/mol. The maximum Gasteiger partial charge on any atom is 1.00 e. The molecule has 1 aromatic carbocycles. The molecular formula is C16H20NNaO6S. The molecule has 0 radical (unpaired) electrons. The first-order valence-corrected chi connectivity index (χ1v) is 8.42. The Morgan fingerprint density at radius 1 is 1.36 bits per heavy atom. The van der Waals surface area contributed by atoms with Gasteiger partial charge in [0.2, 0.25) is 0 Å². The molecule has 0 aliphatic carbocycles. The van der Waals surface area contributed by atoms with Crippen LogP contribution in [0.1, 0.15) is 12.5 Å². The number of phenolic OH excluding ortho intramolecular Hbond substituents is 1. The maximum atomic E-state index is 11.1. The first-order valence-electron chi connectivity index (χ1n) is 7.43. The van der Waals surface area contributed by atoms with Gasteiger partial charge in [0.05, 0.1) is 25.8 Å². The minimum Gasteiger partial charge on any atom is -0.547 e. The largest absolute Gasteiger partial charge is 1.00 e. The van der Waals surface area contributed by atoms with Crippen LogP contribution in [0.15, 0.2) is 23.2 Å². The molecule has 1 heterocycles. The number of hydrogen-bond acceptors (Lipinski definition) is 8. The fourth-order valence-electron chi connectivity index (χ4n) is 1.98. The molecule has 0 spiro atoms. The predicted molar refractivity (Wildman–Crippen MR) is 88.7 cm³/mol. The van der Waals surface area contributed by atoms with Gasteiger partial charge in [-0.05, 0) is 19.1 Å². The van der Waals surface area contributed by atoms with Crippen molar-refractivity contribution in [2.45, 2.75) is 12.5 Å². The second kappa shape index (κ2) is 10.4. The number of ether oxygens (including phenoxy) is 3. The minimum absolute atomic E-state index is 0. The number of nitrogens with zero attached hydrogens (tertiary/aromatic N) is 1. The molecule has 132 valence electrons. The van der Waals surface area contributed by atoms with E-state index in [1.165, 1.54) is 24.8 Å². The summed E-state index contributed by atoms with van der Waals surface area (Å²) < 4.78 is 15.6. The molecule has 0 aromatic heterocycles. The van der Waals surface area contributed by atoms with Crippen molar-refractivity contribution >= 4 is 22.8 Å². The van der Waals surface area contributed by atoms with E-state index in [0.29, 0.717) is 42.8 Å². The van der Waals surface area contributed by atoms with Crippen molar-refractivity contribution in [1.29, 1.82) is 0 Å². The van der Waals surface area contributed by atoms with Crippen LogP contribution in [0.2, 0.25) is 0 Å². The topological polar surface area (TPSA) is 100 Å². The number of methoxy groups -OCH3 is 1. The fourth-order valence-corrected chi connectivity index (χ4v) is 3.18. The number of carbonyl (C=O) groups excluding carboxylic acids is 1. The molecule has 0 bridgehead atoms. The molecule has 0 unspecified atom stereocenters. The zero-order valence-electron chi connectivity index (χ0n) is 14.6. The number of benzene rings is 1. The van der Waals surface area contributed by atoms with Gasteiger partial charge in [-0.2, -0.15) is 0 Å².